The summed E-state index contributed by atoms with van der Waals surface area (Å²) in [7, 11) is 0. The van der Waals surface area contributed by atoms with Gasteiger partial charge in [0.15, 0.2) is 5.78 Å². The normalized spacial score (nSPS) is 19.8. The highest BCUT2D eigenvalue weighted by Gasteiger charge is 2.53. The Labute approximate surface area is 271 Å². The number of hydrogen-bond acceptors (Lipinski definition) is 5. The highest BCUT2D eigenvalue weighted by atomic mass is 19.1. The van der Waals surface area contributed by atoms with Gasteiger partial charge in [-0.2, -0.15) is 0 Å². The van der Waals surface area contributed by atoms with Gasteiger partial charge >= 0.3 is 6.03 Å². The molecule has 7 rings (SSSR count). The second kappa shape index (κ2) is 12.6. The number of piperazine rings is 1. The molecule has 0 spiro atoms. The monoisotopic (exact) mass is 634 g/mol. The van der Waals surface area contributed by atoms with Crippen molar-refractivity contribution in [1.29, 1.82) is 0 Å². The molecule has 0 aliphatic carbocycles. The molecule has 240 valence electrons. The summed E-state index contributed by atoms with van der Waals surface area (Å²) in [5, 5.41) is 4.69. The first-order chi connectivity index (χ1) is 22.8. The van der Waals surface area contributed by atoms with E-state index in [1.807, 2.05) is 36.4 Å². The van der Waals surface area contributed by atoms with E-state index >= 15 is 0 Å². The van der Waals surface area contributed by atoms with E-state index in [9.17, 15) is 23.6 Å². The van der Waals surface area contributed by atoms with Gasteiger partial charge in [-0.15, -0.1) is 0 Å². The van der Waals surface area contributed by atoms with E-state index in [-0.39, 0.29) is 35.9 Å². The van der Waals surface area contributed by atoms with Crippen molar-refractivity contribution in [3.8, 4) is 0 Å². The number of Topliss-reactive ketones (excluding diaryl/α,β-unsaturated/α-hetero) is 1. The Hall–Kier alpha value is -5.09. The molecule has 1 unspecified atom stereocenters. The number of carbonyl (C=O) groups is 4. The van der Waals surface area contributed by atoms with Crippen LogP contribution in [0.3, 0.4) is 0 Å². The minimum Gasteiger partial charge on any atom is -0.381 e. The predicted octanol–water partition coefficient (Wildman–Crippen LogP) is 5.88. The van der Waals surface area contributed by atoms with Gasteiger partial charge in [0.25, 0.3) is 5.91 Å². The van der Waals surface area contributed by atoms with Gasteiger partial charge in [0, 0.05) is 31.0 Å². The molecule has 0 saturated carbocycles. The van der Waals surface area contributed by atoms with Gasteiger partial charge in [-0.25, -0.2) is 9.18 Å². The zero-order valence-electron chi connectivity index (χ0n) is 26.0. The van der Waals surface area contributed by atoms with E-state index in [1.165, 1.54) is 19.1 Å². The Morgan fingerprint density at radius 1 is 0.915 bits per heavy atom. The number of urea groups is 1. The van der Waals surface area contributed by atoms with Gasteiger partial charge in [0.05, 0.1) is 17.8 Å². The fourth-order valence-corrected chi connectivity index (χ4v) is 7.07. The SMILES string of the molecule is CC(=O)c1ccc(NC(=O)N2c3cc4ccccc4cc3C(=O)N3C2CN(CCc2cccc(F)c2)C(=O)[C@@H]3C2CCOCC2)cc1. The van der Waals surface area contributed by atoms with Crippen LogP contribution in [-0.4, -0.2) is 71.9 Å². The number of ether oxygens (including phenoxy) is 1. The smallest absolute Gasteiger partial charge is 0.328 e. The number of amides is 4. The number of benzene rings is 4. The van der Waals surface area contributed by atoms with E-state index in [4.69, 9.17) is 4.74 Å². The topological polar surface area (TPSA) is 99.3 Å². The summed E-state index contributed by atoms with van der Waals surface area (Å²) in [4.78, 5) is 60.1. The van der Waals surface area contributed by atoms with Crippen molar-refractivity contribution in [2.24, 2.45) is 5.92 Å². The first-order valence-corrected chi connectivity index (χ1v) is 16.0. The predicted molar refractivity (Wildman–Crippen MR) is 176 cm³/mol. The maximum Gasteiger partial charge on any atom is 0.328 e. The van der Waals surface area contributed by atoms with Crippen molar-refractivity contribution in [3.05, 3.63) is 107 Å². The number of nitrogens with one attached hydrogen (secondary N) is 1. The fourth-order valence-electron chi connectivity index (χ4n) is 7.07. The third-order valence-electron chi connectivity index (χ3n) is 9.49. The molecule has 4 aromatic carbocycles. The first kappa shape index (κ1) is 30.6. The van der Waals surface area contributed by atoms with Crippen LogP contribution in [0.2, 0.25) is 0 Å². The van der Waals surface area contributed by atoms with Gasteiger partial charge in [-0.3, -0.25) is 19.3 Å². The van der Waals surface area contributed by atoms with Crippen LogP contribution in [-0.2, 0) is 16.0 Å². The van der Waals surface area contributed by atoms with Gasteiger partial charge < -0.3 is 19.9 Å². The lowest BCUT2D eigenvalue weighted by Gasteiger charge is -2.54. The molecular weight excluding hydrogens is 599 g/mol. The standard InChI is InChI=1S/C37H35FN4O5/c1-23(43)25-9-11-30(12-10-25)39-37(46)41-32-21-28-7-3-2-6-27(28)20-31(32)35(44)42-33(41)22-40(16-13-24-5-4-8-29(38)19-24)36(45)34(42)26-14-17-47-18-15-26/h2-12,19-21,26,33-34H,13-18,22H2,1H3,(H,39,46)/t33?,34-/m0/s1. The maximum absolute atomic E-state index is 14.5. The van der Waals surface area contributed by atoms with Gasteiger partial charge in [0.2, 0.25) is 5.91 Å². The number of ketones is 1. The molecule has 10 heteroatoms. The zero-order chi connectivity index (χ0) is 32.7. The van der Waals surface area contributed by atoms with Gasteiger partial charge in [0.1, 0.15) is 18.0 Å². The van der Waals surface area contributed by atoms with Crippen molar-refractivity contribution in [3.63, 3.8) is 0 Å². The van der Waals surface area contributed by atoms with Crippen LogP contribution >= 0.6 is 0 Å². The van der Waals surface area contributed by atoms with Crippen molar-refractivity contribution >= 4 is 45.8 Å². The van der Waals surface area contributed by atoms with Crippen LogP contribution in [0.15, 0.2) is 84.9 Å². The molecule has 0 radical (unpaired) electrons. The van der Waals surface area contributed by atoms with Crippen molar-refractivity contribution in [1.82, 2.24) is 9.80 Å². The minimum absolute atomic E-state index is 0.0850. The second-order valence-corrected chi connectivity index (χ2v) is 12.4. The molecule has 1 N–H and O–H groups in total. The number of halogens is 1. The summed E-state index contributed by atoms with van der Waals surface area (Å²) in [5.74, 6) is -1.06. The summed E-state index contributed by atoms with van der Waals surface area (Å²) in [6.45, 7) is 2.82. The van der Waals surface area contributed by atoms with Crippen LogP contribution in [0.4, 0.5) is 20.6 Å². The van der Waals surface area contributed by atoms with Crippen LogP contribution < -0.4 is 10.2 Å². The number of fused-ring (bicyclic) bond motifs is 3. The van der Waals surface area contributed by atoms with Crippen molar-refractivity contribution in [2.75, 3.05) is 36.5 Å². The molecular formula is C37H35FN4O5. The molecule has 3 aliphatic rings. The Bertz CT molecular complexity index is 1870. The molecule has 3 heterocycles. The summed E-state index contributed by atoms with van der Waals surface area (Å²) < 4.78 is 19.6. The zero-order valence-corrected chi connectivity index (χ0v) is 26.0. The lowest BCUT2D eigenvalue weighted by molar-refractivity contribution is -0.147. The molecule has 47 heavy (non-hydrogen) atoms. The van der Waals surface area contributed by atoms with Crippen LogP contribution in [0.5, 0.6) is 0 Å². The van der Waals surface area contributed by atoms with Crippen molar-refractivity contribution in [2.45, 2.75) is 38.4 Å². The number of nitrogens with zero attached hydrogens (tertiary/aromatic N) is 3. The summed E-state index contributed by atoms with van der Waals surface area (Å²) in [5.41, 5.74) is 2.57. The number of carbonyl (C=O) groups excluding carboxylic acids is 4. The average molecular weight is 635 g/mol. The van der Waals surface area contributed by atoms with Crippen molar-refractivity contribution < 1.29 is 28.3 Å². The molecule has 2 atom stereocenters. The maximum atomic E-state index is 14.5. The fraction of sp³-hybridized carbons (Fsp3) is 0.297. The Morgan fingerprint density at radius 2 is 1.64 bits per heavy atom. The van der Waals surface area contributed by atoms with Gasteiger partial charge in [-0.1, -0.05) is 36.4 Å². The first-order valence-electron chi connectivity index (χ1n) is 16.0. The molecule has 0 aromatic heterocycles. The second-order valence-electron chi connectivity index (χ2n) is 12.4. The Kier molecular flexibility index (Phi) is 8.19. The third kappa shape index (κ3) is 5.85. The minimum atomic E-state index is -0.803. The summed E-state index contributed by atoms with van der Waals surface area (Å²) >= 11 is 0. The number of rotatable bonds is 6. The Morgan fingerprint density at radius 3 is 2.34 bits per heavy atom. The van der Waals surface area contributed by atoms with E-state index in [1.54, 1.807) is 51.1 Å². The summed E-state index contributed by atoms with van der Waals surface area (Å²) in [6, 6.07) is 23.0. The number of anilines is 2. The Balaban J connectivity index is 1.31. The van der Waals surface area contributed by atoms with E-state index in [0.29, 0.717) is 61.5 Å². The van der Waals surface area contributed by atoms with Crippen LogP contribution in [0.1, 0.15) is 46.0 Å². The lowest BCUT2D eigenvalue weighted by atomic mass is 9.85. The highest BCUT2D eigenvalue weighted by molar-refractivity contribution is 6.14. The third-order valence-corrected chi connectivity index (χ3v) is 9.49. The highest BCUT2D eigenvalue weighted by Crippen LogP contribution is 2.41. The molecule has 2 fully saturated rings. The molecule has 4 aromatic rings. The van der Waals surface area contributed by atoms with Gasteiger partial charge in [-0.05, 0) is 97.0 Å². The molecule has 4 amide bonds. The molecule has 2 saturated heterocycles. The average Bonchev–Trinajstić information content (AvgIpc) is 3.08. The largest absolute Gasteiger partial charge is 0.381 e. The number of hydrogen-bond donors (Lipinski definition) is 1. The molecule has 0 bridgehead atoms. The molecule has 9 nitrogen and oxygen atoms in total. The lowest BCUT2D eigenvalue weighted by Crippen LogP contribution is -2.72. The molecule has 3 aliphatic heterocycles. The van der Waals surface area contributed by atoms with E-state index < -0.39 is 18.2 Å². The quantitative estimate of drug-likeness (QED) is 0.267. The van der Waals surface area contributed by atoms with E-state index in [2.05, 4.69) is 5.32 Å². The van der Waals surface area contributed by atoms with Crippen LogP contribution in [0.25, 0.3) is 10.8 Å². The summed E-state index contributed by atoms with van der Waals surface area (Å²) in [6.07, 6.45) is 0.819. The van der Waals surface area contributed by atoms with Crippen LogP contribution in [0, 0.1) is 11.7 Å². The van der Waals surface area contributed by atoms with E-state index in [0.717, 1.165) is 16.3 Å².